The Hall–Kier alpha value is -1.99. The fourth-order valence-electron chi connectivity index (χ4n) is 2.17. The van der Waals surface area contributed by atoms with Crippen molar-refractivity contribution in [3.8, 4) is 0 Å². The van der Waals surface area contributed by atoms with Crippen LogP contribution in [0.2, 0.25) is 0 Å². The van der Waals surface area contributed by atoms with Crippen molar-refractivity contribution < 1.29 is 18.7 Å². The van der Waals surface area contributed by atoms with E-state index < -0.39 is 12.0 Å². The Labute approximate surface area is 133 Å². The number of carbonyl (C=O) groups is 1. The number of rotatable bonds is 5. The zero-order valence-corrected chi connectivity index (χ0v) is 13.1. The minimum absolute atomic E-state index is 0.159. The van der Waals surface area contributed by atoms with Crippen LogP contribution in [-0.2, 0) is 14.3 Å². The summed E-state index contributed by atoms with van der Waals surface area (Å²) in [5.41, 5.74) is 1.75. The summed E-state index contributed by atoms with van der Waals surface area (Å²) in [6.45, 7) is 2.22. The molecule has 0 bridgehead atoms. The third-order valence-electron chi connectivity index (χ3n) is 3.21. The van der Waals surface area contributed by atoms with Crippen LogP contribution in [0.5, 0.6) is 0 Å². The summed E-state index contributed by atoms with van der Waals surface area (Å²) in [6.07, 6.45) is 0. The number of thiocarbonyl (C=S) groups is 1. The SMILES string of the molecule is COCCOC(=O)C1=C(C)NC(=S)N[C@H]1c1ccc(F)cc1. The summed E-state index contributed by atoms with van der Waals surface area (Å²) in [5.74, 6) is -0.809. The van der Waals surface area contributed by atoms with Crippen molar-refractivity contribution in [1.29, 1.82) is 0 Å². The summed E-state index contributed by atoms with van der Waals surface area (Å²) in [7, 11) is 1.53. The molecule has 0 saturated heterocycles. The first kappa shape index (κ1) is 16.4. The highest BCUT2D eigenvalue weighted by Crippen LogP contribution is 2.27. The maximum atomic E-state index is 13.1. The number of halogens is 1. The molecule has 118 valence electrons. The summed E-state index contributed by atoms with van der Waals surface area (Å²) in [6, 6.07) is 5.41. The molecule has 0 saturated carbocycles. The number of nitrogens with one attached hydrogen (secondary N) is 2. The van der Waals surface area contributed by atoms with E-state index in [1.54, 1.807) is 19.1 Å². The van der Waals surface area contributed by atoms with Gasteiger partial charge in [0.25, 0.3) is 0 Å². The third-order valence-corrected chi connectivity index (χ3v) is 3.43. The smallest absolute Gasteiger partial charge is 0.338 e. The number of methoxy groups -OCH3 is 1. The Morgan fingerprint density at radius 2 is 2.00 bits per heavy atom. The van der Waals surface area contributed by atoms with E-state index in [0.717, 1.165) is 5.56 Å². The summed E-state index contributed by atoms with van der Waals surface area (Å²) in [4.78, 5) is 12.3. The van der Waals surface area contributed by atoms with E-state index in [9.17, 15) is 9.18 Å². The van der Waals surface area contributed by atoms with Gasteiger partial charge in [0, 0.05) is 12.8 Å². The highest BCUT2D eigenvalue weighted by atomic mass is 32.1. The molecule has 0 aromatic heterocycles. The Kier molecular flexibility index (Phi) is 5.46. The van der Waals surface area contributed by atoms with Crippen molar-refractivity contribution in [1.82, 2.24) is 10.6 Å². The van der Waals surface area contributed by atoms with Crippen LogP contribution in [0.25, 0.3) is 0 Å². The molecule has 2 N–H and O–H groups in total. The fourth-order valence-corrected chi connectivity index (χ4v) is 2.44. The second-order valence-corrected chi connectivity index (χ2v) is 5.16. The van der Waals surface area contributed by atoms with E-state index in [4.69, 9.17) is 21.7 Å². The maximum absolute atomic E-state index is 13.1. The van der Waals surface area contributed by atoms with Crippen LogP contribution in [0.15, 0.2) is 35.5 Å². The summed E-state index contributed by atoms with van der Waals surface area (Å²) >= 11 is 5.13. The van der Waals surface area contributed by atoms with Gasteiger partial charge in [-0.1, -0.05) is 12.1 Å². The maximum Gasteiger partial charge on any atom is 0.338 e. The average Bonchev–Trinajstić information content (AvgIpc) is 2.47. The van der Waals surface area contributed by atoms with Gasteiger partial charge < -0.3 is 20.1 Å². The molecular formula is C15H17FN2O3S. The van der Waals surface area contributed by atoms with Gasteiger partial charge >= 0.3 is 5.97 Å². The minimum atomic E-state index is -0.482. The number of esters is 1. The number of hydrogen-bond acceptors (Lipinski definition) is 4. The monoisotopic (exact) mass is 324 g/mol. The first-order valence-electron chi connectivity index (χ1n) is 6.72. The molecule has 0 radical (unpaired) electrons. The predicted molar refractivity (Wildman–Crippen MR) is 83.5 cm³/mol. The van der Waals surface area contributed by atoms with E-state index in [1.165, 1.54) is 19.2 Å². The molecule has 2 rings (SSSR count). The Balaban J connectivity index is 2.28. The molecule has 0 aliphatic carbocycles. The lowest BCUT2D eigenvalue weighted by molar-refractivity contribution is -0.140. The zero-order chi connectivity index (χ0) is 16.1. The lowest BCUT2D eigenvalue weighted by Crippen LogP contribution is -2.45. The van der Waals surface area contributed by atoms with Crippen LogP contribution in [0.4, 0.5) is 4.39 Å². The van der Waals surface area contributed by atoms with Crippen LogP contribution in [0.3, 0.4) is 0 Å². The van der Waals surface area contributed by atoms with Crippen LogP contribution >= 0.6 is 12.2 Å². The van der Waals surface area contributed by atoms with Crippen molar-refractivity contribution >= 4 is 23.3 Å². The van der Waals surface area contributed by atoms with Crippen LogP contribution in [-0.4, -0.2) is 31.4 Å². The predicted octanol–water partition coefficient (Wildman–Crippen LogP) is 1.81. The van der Waals surface area contributed by atoms with Crippen LogP contribution < -0.4 is 10.6 Å². The standard InChI is InChI=1S/C15H17FN2O3S/c1-9-12(14(19)21-8-7-20-2)13(18-15(22)17-9)10-3-5-11(16)6-4-10/h3-6,13H,7-8H2,1-2H3,(H2,17,18,22)/t13-/m0/s1. The van der Waals surface area contributed by atoms with Gasteiger partial charge in [0.1, 0.15) is 12.4 Å². The normalized spacial score (nSPS) is 17.8. The van der Waals surface area contributed by atoms with Gasteiger partial charge in [-0.25, -0.2) is 9.18 Å². The van der Waals surface area contributed by atoms with Gasteiger partial charge in [0.2, 0.25) is 0 Å². The molecule has 1 aliphatic heterocycles. The Bertz CT molecular complexity index is 601. The van der Waals surface area contributed by atoms with Crippen molar-refractivity contribution in [3.63, 3.8) is 0 Å². The van der Waals surface area contributed by atoms with E-state index in [-0.39, 0.29) is 12.4 Å². The highest BCUT2D eigenvalue weighted by Gasteiger charge is 2.30. The van der Waals surface area contributed by atoms with Crippen LogP contribution in [0, 0.1) is 5.82 Å². The lowest BCUT2D eigenvalue weighted by atomic mass is 9.96. The van der Waals surface area contributed by atoms with Crippen molar-refractivity contribution in [2.45, 2.75) is 13.0 Å². The minimum Gasteiger partial charge on any atom is -0.460 e. The molecule has 1 atom stereocenters. The molecule has 1 heterocycles. The molecule has 1 aromatic rings. The highest BCUT2D eigenvalue weighted by molar-refractivity contribution is 7.80. The first-order valence-corrected chi connectivity index (χ1v) is 7.13. The van der Waals surface area contributed by atoms with Gasteiger partial charge in [-0.3, -0.25) is 0 Å². The molecule has 7 heteroatoms. The Morgan fingerprint density at radius 3 is 2.64 bits per heavy atom. The molecule has 22 heavy (non-hydrogen) atoms. The average molecular weight is 324 g/mol. The van der Waals surface area contributed by atoms with Gasteiger partial charge in [0.05, 0.1) is 18.2 Å². The van der Waals surface area contributed by atoms with Crippen molar-refractivity contribution in [3.05, 3.63) is 46.9 Å². The number of carbonyl (C=O) groups excluding carboxylic acids is 1. The van der Waals surface area contributed by atoms with E-state index in [1.807, 2.05) is 0 Å². The quantitative estimate of drug-likeness (QED) is 0.489. The number of benzene rings is 1. The van der Waals surface area contributed by atoms with Gasteiger partial charge in [-0.2, -0.15) is 0 Å². The second-order valence-electron chi connectivity index (χ2n) is 4.75. The molecule has 0 fully saturated rings. The number of hydrogen-bond donors (Lipinski definition) is 2. The first-order chi connectivity index (χ1) is 10.5. The van der Waals surface area contributed by atoms with Crippen molar-refractivity contribution in [2.75, 3.05) is 20.3 Å². The molecule has 1 aromatic carbocycles. The van der Waals surface area contributed by atoms with Crippen molar-refractivity contribution in [2.24, 2.45) is 0 Å². The molecule has 0 spiro atoms. The van der Waals surface area contributed by atoms with Gasteiger partial charge in [-0.15, -0.1) is 0 Å². The molecule has 5 nitrogen and oxygen atoms in total. The molecule has 1 aliphatic rings. The summed E-state index contributed by atoms with van der Waals surface area (Å²) in [5, 5.41) is 6.32. The molecular weight excluding hydrogens is 307 g/mol. The molecule has 0 amide bonds. The van der Waals surface area contributed by atoms with Gasteiger partial charge in [-0.05, 0) is 36.8 Å². The Morgan fingerprint density at radius 1 is 1.32 bits per heavy atom. The lowest BCUT2D eigenvalue weighted by Gasteiger charge is -2.29. The largest absolute Gasteiger partial charge is 0.460 e. The van der Waals surface area contributed by atoms with E-state index >= 15 is 0 Å². The zero-order valence-electron chi connectivity index (χ0n) is 12.3. The van der Waals surface area contributed by atoms with E-state index in [0.29, 0.717) is 23.0 Å². The number of allylic oxidation sites excluding steroid dienone is 1. The second kappa shape index (κ2) is 7.33. The molecule has 0 unspecified atom stereocenters. The third kappa shape index (κ3) is 3.80. The van der Waals surface area contributed by atoms with E-state index in [2.05, 4.69) is 10.6 Å². The van der Waals surface area contributed by atoms with Crippen LogP contribution in [0.1, 0.15) is 18.5 Å². The number of ether oxygens (including phenoxy) is 2. The topological polar surface area (TPSA) is 59.6 Å². The van der Waals surface area contributed by atoms with Gasteiger partial charge in [0.15, 0.2) is 5.11 Å². The summed E-state index contributed by atoms with van der Waals surface area (Å²) < 4.78 is 23.1. The fraction of sp³-hybridized carbons (Fsp3) is 0.333.